The molecule has 17 heavy (non-hydrogen) atoms. The molecule has 96 valence electrons. The molecule has 0 aromatic carbocycles. The molecule has 3 nitrogen and oxygen atoms in total. The smallest absolute Gasteiger partial charge is 0.311 e. The Bertz CT molecular complexity index is 350. The van der Waals surface area contributed by atoms with Crippen molar-refractivity contribution in [1.82, 2.24) is 4.98 Å². The second kappa shape index (κ2) is 7.71. The molecule has 0 atom stereocenters. The Morgan fingerprint density at radius 3 is 3.00 bits per heavy atom. The van der Waals surface area contributed by atoms with Crippen molar-refractivity contribution in [2.45, 2.75) is 32.9 Å². The van der Waals surface area contributed by atoms with Gasteiger partial charge in [0.25, 0.3) is 0 Å². The van der Waals surface area contributed by atoms with Crippen molar-refractivity contribution in [2.75, 3.05) is 12.4 Å². The second-order valence-corrected chi connectivity index (χ2v) is 6.10. The topological polar surface area (TPSA) is 39.2 Å². The molecule has 0 saturated carbocycles. The third-order valence-corrected chi connectivity index (χ3v) is 4.37. The highest BCUT2D eigenvalue weighted by Crippen LogP contribution is 2.19. The molecule has 0 bridgehead atoms. The fourth-order valence-corrected chi connectivity index (χ4v) is 3.17. The maximum Gasteiger partial charge on any atom is 0.311 e. The summed E-state index contributed by atoms with van der Waals surface area (Å²) in [6, 6.07) is 0. The highest BCUT2D eigenvalue weighted by atomic mass is 32.2. The van der Waals surface area contributed by atoms with Crippen molar-refractivity contribution >= 4 is 29.1 Å². The van der Waals surface area contributed by atoms with E-state index in [-0.39, 0.29) is 5.97 Å². The zero-order valence-corrected chi connectivity index (χ0v) is 12.2. The van der Waals surface area contributed by atoms with Gasteiger partial charge in [0, 0.05) is 11.1 Å². The van der Waals surface area contributed by atoms with Gasteiger partial charge in [0.2, 0.25) is 0 Å². The summed E-state index contributed by atoms with van der Waals surface area (Å²) in [6.45, 7) is 6.66. The van der Waals surface area contributed by atoms with Crippen molar-refractivity contribution in [2.24, 2.45) is 5.92 Å². The van der Waals surface area contributed by atoms with Gasteiger partial charge in [-0.3, -0.25) is 4.79 Å². The van der Waals surface area contributed by atoms with Crippen LogP contribution < -0.4 is 0 Å². The van der Waals surface area contributed by atoms with E-state index in [2.05, 4.69) is 18.8 Å². The number of carbonyl (C=O) groups excluding carboxylic acids is 1. The number of thioether (sulfide) groups is 1. The number of hydrogen-bond donors (Lipinski definition) is 0. The summed E-state index contributed by atoms with van der Waals surface area (Å²) in [7, 11) is 0. The number of aromatic nitrogens is 1. The van der Waals surface area contributed by atoms with Crippen LogP contribution in [0, 0.1) is 5.92 Å². The van der Waals surface area contributed by atoms with E-state index in [0.29, 0.717) is 18.9 Å². The van der Waals surface area contributed by atoms with E-state index in [4.69, 9.17) is 4.74 Å². The summed E-state index contributed by atoms with van der Waals surface area (Å²) < 4.78 is 4.89. The van der Waals surface area contributed by atoms with Crippen LogP contribution in [-0.2, 0) is 21.7 Å². The van der Waals surface area contributed by atoms with Gasteiger partial charge in [-0.1, -0.05) is 13.8 Å². The summed E-state index contributed by atoms with van der Waals surface area (Å²) in [5.74, 6) is 2.59. The van der Waals surface area contributed by atoms with E-state index in [9.17, 15) is 4.79 Å². The van der Waals surface area contributed by atoms with Gasteiger partial charge in [-0.25, -0.2) is 4.98 Å². The number of thiazole rings is 1. The molecule has 0 fully saturated rings. The van der Waals surface area contributed by atoms with Crippen LogP contribution in [0.2, 0.25) is 0 Å². The van der Waals surface area contributed by atoms with Crippen LogP contribution in [0.3, 0.4) is 0 Å². The lowest BCUT2D eigenvalue weighted by Gasteiger charge is -2.01. The molecule has 0 unspecified atom stereocenters. The minimum atomic E-state index is -0.195. The number of carbonyl (C=O) groups is 1. The first-order valence-corrected chi connectivity index (χ1v) is 7.82. The zero-order chi connectivity index (χ0) is 12.7. The number of nitrogens with zero attached hydrogens (tertiary/aromatic N) is 1. The summed E-state index contributed by atoms with van der Waals surface area (Å²) in [5.41, 5.74) is 0.827. The maximum atomic E-state index is 11.3. The summed E-state index contributed by atoms with van der Waals surface area (Å²) in [5, 5.41) is 3.04. The van der Waals surface area contributed by atoms with Gasteiger partial charge in [0.15, 0.2) is 0 Å². The maximum absolute atomic E-state index is 11.3. The van der Waals surface area contributed by atoms with Crippen LogP contribution in [0.15, 0.2) is 5.38 Å². The van der Waals surface area contributed by atoms with Gasteiger partial charge in [0.05, 0.1) is 18.7 Å². The summed E-state index contributed by atoms with van der Waals surface area (Å²) in [4.78, 5) is 15.7. The first kappa shape index (κ1) is 14.5. The molecule has 0 aliphatic carbocycles. The molecule has 0 N–H and O–H groups in total. The van der Waals surface area contributed by atoms with E-state index in [1.165, 1.54) is 0 Å². The number of hydrogen-bond acceptors (Lipinski definition) is 5. The Morgan fingerprint density at radius 1 is 1.59 bits per heavy atom. The first-order chi connectivity index (χ1) is 8.11. The predicted octanol–water partition coefficient (Wildman–Crippen LogP) is 3.14. The van der Waals surface area contributed by atoms with Crippen molar-refractivity contribution in [3.05, 3.63) is 16.1 Å². The van der Waals surface area contributed by atoms with Gasteiger partial charge in [-0.05, 0) is 18.6 Å². The average Bonchev–Trinajstić information content (AvgIpc) is 2.65. The standard InChI is InChI=1S/C12H19NO2S2/c1-4-15-12(14)5-10-7-17-11(13-10)8-16-6-9(2)3/h7,9H,4-6,8H2,1-3H3. The van der Waals surface area contributed by atoms with Gasteiger partial charge in [0.1, 0.15) is 5.01 Å². The summed E-state index contributed by atoms with van der Waals surface area (Å²) in [6.07, 6.45) is 0.291. The molecule has 0 radical (unpaired) electrons. The normalized spacial score (nSPS) is 10.8. The fraction of sp³-hybridized carbons (Fsp3) is 0.667. The quantitative estimate of drug-likeness (QED) is 0.715. The van der Waals surface area contributed by atoms with Crippen LogP contribution in [-0.4, -0.2) is 23.3 Å². The van der Waals surface area contributed by atoms with Crippen LogP contribution >= 0.6 is 23.1 Å². The van der Waals surface area contributed by atoms with E-state index in [1.807, 2.05) is 24.1 Å². The SMILES string of the molecule is CCOC(=O)Cc1csc(CSCC(C)C)n1. The van der Waals surface area contributed by atoms with E-state index in [0.717, 1.165) is 22.2 Å². The van der Waals surface area contributed by atoms with Crippen LogP contribution in [0.1, 0.15) is 31.5 Å². The monoisotopic (exact) mass is 273 g/mol. The molecule has 0 aliphatic rings. The van der Waals surface area contributed by atoms with Crippen LogP contribution in [0.4, 0.5) is 0 Å². The highest BCUT2D eigenvalue weighted by molar-refractivity contribution is 7.98. The molecular formula is C12H19NO2S2. The number of ether oxygens (including phenoxy) is 1. The van der Waals surface area contributed by atoms with Gasteiger partial charge in [-0.15, -0.1) is 11.3 Å². The average molecular weight is 273 g/mol. The Hall–Kier alpha value is -0.550. The first-order valence-electron chi connectivity index (χ1n) is 5.78. The molecule has 1 aromatic heterocycles. The third-order valence-electron chi connectivity index (χ3n) is 1.91. The van der Waals surface area contributed by atoms with Gasteiger partial charge < -0.3 is 4.74 Å². The largest absolute Gasteiger partial charge is 0.466 e. The number of rotatable bonds is 7. The zero-order valence-electron chi connectivity index (χ0n) is 10.6. The lowest BCUT2D eigenvalue weighted by molar-refractivity contribution is -0.142. The molecule has 5 heteroatoms. The van der Waals surface area contributed by atoms with Crippen molar-refractivity contribution in [3.8, 4) is 0 Å². The molecule has 0 aliphatic heterocycles. The second-order valence-electron chi connectivity index (χ2n) is 4.12. The van der Waals surface area contributed by atoms with Gasteiger partial charge >= 0.3 is 5.97 Å². The third kappa shape index (κ3) is 6.07. The Morgan fingerprint density at radius 2 is 2.35 bits per heavy atom. The predicted molar refractivity (Wildman–Crippen MR) is 73.5 cm³/mol. The fourth-order valence-electron chi connectivity index (χ4n) is 1.24. The Labute approximate surface area is 111 Å². The van der Waals surface area contributed by atoms with E-state index >= 15 is 0 Å². The lowest BCUT2D eigenvalue weighted by Crippen LogP contribution is -2.07. The molecule has 1 heterocycles. The minimum Gasteiger partial charge on any atom is -0.466 e. The molecule has 0 saturated heterocycles. The summed E-state index contributed by atoms with van der Waals surface area (Å²) >= 11 is 3.51. The van der Waals surface area contributed by atoms with Crippen molar-refractivity contribution in [1.29, 1.82) is 0 Å². The van der Waals surface area contributed by atoms with Gasteiger partial charge in [-0.2, -0.15) is 11.8 Å². The molecular weight excluding hydrogens is 254 g/mol. The molecule has 0 amide bonds. The molecule has 0 spiro atoms. The lowest BCUT2D eigenvalue weighted by atomic mass is 10.3. The minimum absolute atomic E-state index is 0.195. The van der Waals surface area contributed by atoms with Crippen molar-refractivity contribution < 1.29 is 9.53 Å². The van der Waals surface area contributed by atoms with E-state index < -0.39 is 0 Å². The van der Waals surface area contributed by atoms with Crippen molar-refractivity contribution in [3.63, 3.8) is 0 Å². The van der Waals surface area contributed by atoms with E-state index in [1.54, 1.807) is 11.3 Å². The van der Waals surface area contributed by atoms with Crippen LogP contribution in [0.5, 0.6) is 0 Å². The Kier molecular flexibility index (Phi) is 6.58. The van der Waals surface area contributed by atoms with Crippen LogP contribution in [0.25, 0.3) is 0 Å². The Balaban J connectivity index is 2.34. The molecule has 1 rings (SSSR count). The number of esters is 1. The molecule has 1 aromatic rings. The highest BCUT2D eigenvalue weighted by Gasteiger charge is 2.08.